The second-order valence-corrected chi connectivity index (χ2v) is 7.55. The summed E-state index contributed by atoms with van der Waals surface area (Å²) in [5.74, 6) is 0.402. The Morgan fingerprint density at radius 2 is 1.96 bits per heavy atom. The van der Waals surface area contributed by atoms with Crippen molar-refractivity contribution >= 4 is 16.3 Å². The van der Waals surface area contributed by atoms with E-state index in [1.165, 1.54) is 21.9 Å². The summed E-state index contributed by atoms with van der Waals surface area (Å²) < 4.78 is 16.1. The van der Waals surface area contributed by atoms with Gasteiger partial charge in [0.1, 0.15) is 11.6 Å². The molecule has 0 radical (unpaired) electrons. The van der Waals surface area contributed by atoms with Crippen LogP contribution in [-0.2, 0) is 0 Å². The van der Waals surface area contributed by atoms with Crippen molar-refractivity contribution in [2.45, 2.75) is 19.9 Å². The molecule has 0 bridgehead atoms. The summed E-state index contributed by atoms with van der Waals surface area (Å²) in [7, 11) is 0. The fourth-order valence-corrected chi connectivity index (χ4v) is 4.72. The second-order valence-electron chi connectivity index (χ2n) is 6.54. The van der Waals surface area contributed by atoms with Crippen molar-refractivity contribution in [1.29, 1.82) is 0 Å². The number of thiazole rings is 1. The highest BCUT2D eigenvalue weighted by Gasteiger charge is 2.32. The van der Waals surface area contributed by atoms with Gasteiger partial charge in [-0.05, 0) is 19.5 Å². The lowest BCUT2D eigenvalue weighted by Gasteiger charge is -2.38. The molecule has 26 heavy (non-hydrogen) atoms. The van der Waals surface area contributed by atoms with Crippen molar-refractivity contribution in [2.75, 3.05) is 32.7 Å². The minimum absolute atomic E-state index is 0.0526. The summed E-state index contributed by atoms with van der Waals surface area (Å²) in [6, 6.07) is 6.46. The number of nitrogens with zero attached hydrogens (tertiary/aromatic N) is 5. The number of benzene rings is 1. The first kappa shape index (κ1) is 17.4. The van der Waals surface area contributed by atoms with E-state index in [4.69, 9.17) is 0 Å². The van der Waals surface area contributed by atoms with Crippen LogP contribution in [0, 0.1) is 12.7 Å². The Bertz CT molecular complexity index is 916. The Balaban J connectivity index is 1.78. The normalized spacial score (nSPS) is 17.8. The molecule has 0 amide bonds. The lowest BCUT2D eigenvalue weighted by atomic mass is 10.0. The summed E-state index contributed by atoms with van der Waals surface area (Å²) in [6.07, 6.45) is 0. The van der Waals surface area contributed by atoms with Crippen LogP contribution in [0.2, 0.25) is 0 Å². The first-order valence-electron chi connectivity index (χ1n) is 8.84. The van der Waals surface area contributed by atoms with Crippen molar-refractivity contribution in [3.05, 3.63) is 46.3 Å². The van der Waals surface area contributed by atoms with Gasteiger partial charge in [0.25, 0.3) is 0 Å². The zero-order chi connectivity index (χ0) is 18.3. The molecule has 0 saturated carbocycles. The van der Waals surface area contributed by atoms with Crippen LogP contribution in [0.5, 0.6) is 5.88 Å². The second kappa shape index (κ2) is 6.94. The van der Waals surface area contributed by atoms with Gasteiger partial charge in [0.2, 0.25) is 10.8 Å². The molecule has 1 atom stereocenters. The molecule has 1 fully saturated rings. The maximum Gasteiger partial charge on any atom is 0.230 e. The van der Waals surface area contributed by atoms with Crippen molar-refractivity contribution in [3.63, 3.8) is 0 Å². The first-order chi connectivity index (χ1) is 12.6. The van der Waals surface area contributed by atoms with Crippen LogP contribution < -0.4 is 0 Å². The Morgan fingerprint density at radius 1 is 1.23 bits per heavy atom. The average Bonchev–Trinajstić information content (AvgIpc) is 3.15. The molecule has 1 aromatic carbocycles. The Hall–Kier alpha value is -2.03. The molecule has 1 aliphatic rings. The molecule has 1 N–H and O–H groups in total. The zero-order valence-electron chi connectivity index (χ0n) is 14.9. The van der Waals surface area contributed by atoms with E-state index in [1.807, 2.05) is 6.07 Å². The van der Waals surface area contributed by atoms with Gasteiger partial charge in [-0.1, -0.05) is 36.5 Å². The number of likely N-dealkylation sites (N-methyl/N-ethyl adjacent to an activating group) is 1. The Labute approximate surface area is 155 Å². The van der Waals surface area contributed by atoms with Crippen LogP contribution >= 0.6 is 11.3 Å². The van der Waals surface area contributed by atoms with Crippen LogP contribution in [0.25, 0.3) is 4.96 Å². The standard InChI is InChI=1S/C18H22FN5OS/c1-3-22-8-10-23(11-9-22)15(13-6-4-5-7-14(13)19)16-17(25)24-18(26-16)20-12(2)21-24/h4-7,15,25H,3,8-11H2,1-2H3/t15-/m0/s1. The van der Waals surface area contributed by atoms with E-state index in [-0.39, 0.29) is 17.7 Å². The molecule has 2 aromatic heterocycles. The number of piperazine rings is 1. The zero-order valence-corrected chi connectivity index (χ0v) is 15.7. The summed E-state index contributed by atoms with van der Waals surface area (Å²) >= 11 is 1.37. The van der Waals surface area contributed by atoms with Crippen molar-refractivity contribution < 1.29 is 9.50 Å². The average molecular weight is 375 g/mol. The minimum atomic E-state index is -0.344. The number of hydrogen-bond acceptors (Lipinski definition) is 6. The summed E-state index contributed by atoms with van der Waals surface area (Å²) in [5, 5.41) is 15.0. The van der Waals surface area contributed by atoms with Gasteiger partial charge in [0.05, 0.1) is 10.9 Å². The highest BCUT2D eigenvalue weighted by atomic mass is 32.1. The van der Waals surface area contributed by atoms with Crippen molar-refractivity contribution in [3.8, 4) is 5.88 Å². The Morgan fingerprint density at radius 3 is 2.62 bits per heavy atom. The van der Waals surface area contributed by atoms with Crippen LogP contribution in [0.1, 0.15) is 29.2 Å². The summed E-state index contributed by atoms with van der Waals surface area (Å²) in [6.45, 7) is 8.46. The van der Waals surface area contributed by atoms with Gasteiger partial charge in [-0.15, -0.1) is 5.10 Å². The van der Waals surface area contributed by atoms with Crippen LogP contribution in [0.4, 0.5) is 4.39 Å². The third-order valence-corrected chi connectivity index (χ3v) is 6.05. The number of halogens is 1. The quantitative estimate of drug-likeness (QED) is 0.760. The van der Waals surface area contributed by atoms with Crippen LogP contribution in [0.3, 0.4) is 0 Å². The number of aryl methyl sites for hydroxylation is 1. The number of aromatic nitrogens is 3. The van der Waals surface area contributed by atoms with Gasteiger partial charge in [0, 0.05) is 31.7 Å². The van der Waals surface area contributed by atoms with E-state index in [0.29, 0.717) is 21.2 Å². The molecular formula is C18H22FN5OS. The fraction of sp³-hybridized carbons (Fsp3) is 0.444. The summed E-state index contributed by atoms with van der Waals surface area (Å²) in [5.41, 5.74) is 0.578. The number of aromatic hydroxyl groups is 1. The molecule has 0 aliphatic carbocycles. The maximum atomic E-state index is 14.6. The summed E-state index contributed by atoms with van der Waals surface area (Å²) in [4.78, 5) is 10.3. The van der Waals surface area contributed by atoms with E-state index in [1.54, 1.807) is 19.1 Å². The highest BCUT2D eigenvalue weighted by molar-refractivity contribution is 7.17. The number of fused-ring (bicyclic) bond motifs is 1. The molecule has 3 heterocycles. The molecule has 6 nitrogen and oxygen atoms in total. The van der Waals surface area contributed by atoms with Gasteiger partial charge in [-0.25, -0.2) is 9.37 Å². The predicted octanol–water partition coefficient (Wildman–Crippen LogP) is 2.67. The topological polar surface area (TPSA) is 56.9 Å². The van der Waals surface area contributed by atoms with Crippen LogP contribution in [-0.4, -0.2) is 62.2 Å². The van der Waals surface area contributed by atoms with Gasteiger partial charge < -0.3 is 10.0 Å². The smallest absolute Gasteiger partial charge is 0.230 e. The maximum absolute atomic E-state index is 14.6. The molecule has 0 unspecified atom stereocenters. The molecule has 138 valence electrons. The van der Waals surface area contributed by atoms with Crippen LogP contribution in [0.15, 0.2) is 24.3 Å². The molecule has 3 aromatic rings. The monoisotopic (exact) mass is 375 g/mol. The molecule has 0 spiro atoms. The first-order valence-corrected chi connectivity index (χ1v) is 9.66. The van der Waals surface area contributed by atoms with Gasteiger partial charge in [-0.2, -0.15) is 4.52 Å². The fourth-order valence-electron chi connectivity index (χ4n) is 3.56. The molecular weight excluding hydrogens is 353 g/mol. The highest BCUT2D eigenvalue weighted by Crippen LogP contribution is 2.40. The van der Waals surface area contributed by atoms with Crippen molar-refractivity contribution in [1.82, 2.24) is 24.4 Å². The number of rotatable bonds is 4. The van der Waals surface area contributed by atoms with Gasteiger partial charge >= 0.3 is 0 Å². The molecule has 4 rings (SSSR count). The van der Waals surface area contributed by atoms with E-state index >= 15 is 0 Å². The largest absolute Gasteiger partial charge is 0.492 e. The van der Waals surface area contributed by atoms with E-state index < -0.39 is 0 Å². The van der Waals surface area contributed by atoms with Gasteiger partial charge in [-0.3, -0.25) is 4.90 Å². The van der Waals surface area contributed by atoms with E-state index in [9.17, 15) is 9.50 Å². The van der Waals surface area contributed by atoms with E-state index in [2.05, 4.69) is 26.8 Å². The third kappa shape index (κ3) is 2.98. The lowest BCUT2D eigenvalue weighted by molar-refractivity contribution is 0.112. The predicted molar refractivity (Wildman–Crippen MR) is 99.2 cm³/mol. The molecule has 1 aliphatic heterocycles. The third-order valence-electron chi connectivity index (χ3n) is 4.97. The number of hydrogen-bond donors (Lipinski definition) is 1. The SMILES string of the molecule is CCN1CCN([C@@H](c2ccccc2F)c2sc3nc(C)nn3c2O)CC1. The Kier molecular flexibility index (Phi) is 4.64. The lowest BCUT2D eigenvalue weighted by Crippen LogP contribution is -2.47. The van der Waals surface area contributed by atoms with Gasteiger partial charge in [0.15, 0.2) is 0 Å². The van der Waals surface area contributed by atoms with Crippen molar-refractivity contribution in [2.24, 2.45) is 0 Å². The van der Waals surface area contributed by atoms with E-state index in [0.717, 1.165) is 32.7 Å². The molecule has 1 saturated heterocycles. The molecule has 8 heteroatoms. The minimum Gasteiger partial charge on any atom is -0.492 e.